The first-order chi connectivity index (χ1) is 9.08. The van der Waals surface area contributed by atoms with Gasteiger partial charge in [0.1, 0.15) is 5.75 Å². The third kappa shape index (κ3) is 4.91. The number of benzene rings is 1. The van der Waals surface area contributed by atoms with Crippen LogP contribution in [0.5, 0.6) is 5.75 Å². The first kappa shape index (κ1) is 15.5. The van der Waals surface area contributed by atoms with Gasteiger partial charge in [-0.05, 0) is 37.5 Å². The van der Waals surface area contributed by atoms with Crippen molar-refractivity contribution in [3.8, 4) is 5.75 Å². The van der Waals surface area contributed by atoms with Gasteiger partial charge in [0.05, 0.1) is 6.61 Å². The molecule has 0 saturated carbocycles. The number of ether oxygens (including phenoxy) is 2. The molecular formula is C15H23NO3. The van der Waals surface area contributed by atoms with Gasteiger partial charge in [-0.25, -0.2) is 0 Å². The van der Waals surface area contributed by atoms with Crippen LogP contribution in [-0.4, -0.2) is 32.3 Å². The predicted molar refractivity (Wildman–Crippen MR) is 75.5 cm³/mol. The van der Waals surface area contributed by atoms with Crippen LogP contribution in [0.15, 0.2) is 18.2 Å². The monoisotopic (exact) mass is 265 g/mol. The van der Waals surface area contributed by atoms with Gasteiger partial charge in [0.15, 0.2) is 6.10 Å². The maximum absolute atomic E-state index is 12.0. The van der Waals surface area contributed by atoms with Crippen LogP contribution in [0.2, 0.25) is 0 Å². The summed E-state index contributed by atoms with van der Waals surface area (Å²) in [6, 6.07) is 5.99. The molecule has 0 aliphatic carbocycles. The molecule has 0 radical (unpaired) electrons. The van der Waals surface area contributed by atoms with Crippen molar-refractivity contribution >= 4 is 5.91 Å². The minimum absolute atomic E-state index is 0.0968. The highest BCUT2D eigenvalue weighted by molar-refractivity contribution is 5.81. The van der Waals surface area contributed by atoms with E-state index < -0.39 is 6.10 Å². The summed E-state index contributed by atoms with van der Waals surface area (Å²) >= 11 is 0. The number of aryl methyl sites for hydroxylation is 2. The molecule has 19 heavy (non-hydrogen) atoms. The molecule has 4 heteroatoms. The van der Waals surface area contributed by atoms with Crippen molar-refractivity contribution in [3.63, 3.8) is 0 Å². The lowest BCUT2D eigenvalue weighted by molar-refractivity contribution is -0.128. The second-order valence-electron chi connectivity index (χ2n) is 4.57. The quantitative estimate of drug-likeness (QED) is 0.769. The second-order valence-corrected chi connectivity index (χ2v) is 4.57. The molecule has 1 N–H and O–H groups in total. The molecule has 0 saturated heterocycles. The second kappa shape index (κ2) is 7.79. The van der Waals surface area contributed by atoms with E-state index in [2.05, 4.69) is 5.32 Å². The summed E-state index contributed by atoms with van der Waals surface area (Å²) in [5, 5.41) is 2.80. The first-order valence-electron chi connectivity index (χ1n) is 6.59. The number of hydrogen-bond acceptors (Lipinski definition) is 3. The van der Waals surface area contributed by atoms with Crippen LogP contribution >= 0.6 is 0 Å². The molecule has 106 valence electrons. The van der Waals surface area contributed by atoms with Gasteiger partial charge >= 0.3 is 0 Å². The summed E-state index contributed by atoms with van der Waals surface area (Å²) < 4.78 is 10.7. The van der Waals surface area contributed by atoms with Crippen molar-refractivity contribution in [2.75, 3.05) is 20.3 Å². The topological polar surface area (TPSA) is 47.6 Å². The van der Waals surface area contributed by atoms with Crippen molar-refractivity contribution in [1.82, 2.24) is 5.32 Å². The summed E-state index contributed by atoms with van der Waals surface area (Å²) in [6.07, 6.45) is 0.170. The van der Waals surface area contributed by atoms with Gasteiger partial charge in [0.2, 0.25) is 0 Å². The Labute approximate surface area is 115 Å². The fraction of sp³-hybridized carbons (Fsp3) is 0.533. The maximum Gasteiger partial charge on any atom is 0.261 e. The van der Waals surface area contributed by atoms with E-state index in [0.29, 0.717) is 19.6 Å². The zero-order valence-electron chi connectivity index (χ0n) is 12.2. The van der Waals surface area contributed by atoms with E-state index in [4.69, 9.17) is 9.47 Å². The van der Waals surface area contributed by atoms with Crippen molar-refractivity contribution in [2.45, 2.75) is 33.3 Å². The van der Waals surface area contributed by atoms with Crippen LogP contribution in [0.4, 0.5) is 0 Å². The molecular weight excluding hydrogens is 242 g/mol. The number of hydrogen-bond donors (Lipinski definition) is 1. The lowest BCUT2D eigenvalue weighted by atomic mass is 10.1. The average molecular weight is 265 g/mol. The Hall–Kier alpha value is -1.55. The van der Waals surface area contributed by atoms with Gasteiger partial charge in [-0.15, -0.1) is 0 Å². The standard InChI is InChI=1S/C15H23NO3/c1-5-13(15(17)16-8-9-18-4)19-14-10-11(2)6-7-12(14)3/h6-7,10,13H,5,8-9H2,1-4H3,(H,16,17)/t13-/m0/s1. The normalized spacial score (nSPS) is 12.0. The zero-order chi connectivity index (χ0) is 14.3. The van der Waals surface area contributed by atoms with E-state index in [0.717, 1.165) is 16.9 Å². The molecule has 1 aromatic rings. The highest BCUT2D eigenvalue weighted by Gasteiger charge is 2.18. The molecule has 0 aliphatic heterocycles. The molecule has 1 aromatic carbocycles. The van der Waals surface area contributed by atoms with E-state index in [-0.39, 0.29) is 5.91 Å². The Morgan fingerprint density at radius 3 is 2.74 bits per heavy atom. The van der Waals surface area contributed by atoms with Gasteiger partial charge in [-0.3, -0.25) is 4.79 Å². The van der Waals surface area contributed by atoms with E-state index >= 15 is 0 Å². The van der Waals surface area contributed by atoms with Crippen LogP contribution in [0.3, 0.4) is 0 Å². The highest BCUT2D eigenvalue weighted by Crippen LogP contribution is 2.21. The Bertz CT molecular complexity index is 418. The molecule has 1 amide bonds. The van der Waals surface area contributed by atoms with Crippen LogP contribution in [0.1, 0.15) is 24.5 Å². The van der Waals surface area contributed by atoms with E-state index in [9.17, 15) is 4.79 Å². The molecule has 0 heterocycles. The number of carbonyl (C=O) groups is 1. The molecule has 1 rings (SSSR count). The fourth-order valence-electron chi connectivity index (χ4n) is 1.70. The Morgan fingerprint density at radius 2 is 2.11 bits per heavy atom. The smallest absolute Gasteiger partial charge is 0.261 e. The fourth-order valence-corrected chi connectivity index (χ4v) is 1.70. The lowest BCUT2D eigenvalue weighted by Crippen LogP contribution is -2.39. The molecule has 0 spiro atoms. The number of methoxy groups -OCH3 is 1. The summed E-state index contributed by atoms with van der Waals surface area (Å²) in [6.45, 7) is 6.93. The van der Waals surface area contributed by atoms with Crippen molar-refractivity contribution in [2.24, 2.45) is 0 Å². The first-order valence-corrected chi connectivity index (χ1v) is 6.59. The van der Waals surface area contributed by atoms with Gasteiger partial charge in [-0.2, -0.15) is 0 Å². The van der Waals surface area contributed by atoms with Crippen molar-refractivity contribution in [3.05, 3.63) is 29.3 Å². The predicted octanol–water partition coefficient (Wildman–Crippen LogP) is 2.22. The van der Waals surface area contributed by atoms with Crippen molar-refractivity contribution < 1.29 is 14.3 Å². The molecule has 0 aromatic heterocycles. The molecule has 1 atom stereocenters. The van der Waals surface area contributed by atoms with Crippen LogP contribution in [-0.2, 0) is 9.53 Å². The summed E-state index contributed by atoms with van der Waals surface area (Å²) in [7, 11) is 1.61. The third-order valence-electron chi connectivity index (χ3n) is 2.88. The van der Waals surface area contributed by atoms with E-state index in [1.54, 1.807) is 7.11 Å². The highest BCUT2D eigenvalue weighted by atomic mass is 16.5. The summed E-state index contributed by atoms with van der Waals surface area (Å²) in [5.41, 5.74) is 2.16. The van der Waals surface area contributed by atoms with Crippen LogP contribution in [0.25, 0.3) is 0 Å². The Balaban J connectivity index is 2.65. The molecule has 0 aliphatic rings. The average Bonchev–Trinajstić information content (AvgIpc) is 2.39. The number of rotatable bonds is 7. The minimum atomic E-state index is -0.461. The van der Waals surface area contributed by atoms with Gasteiger partial charge < -0.3 is 14.8 Å². The molecule has 0 bridgehead atoms. The van der Waals surface area contributed by atoms with Crippen molar-refractivity contribution in [1.29, 1.82) is 0 Å². The third-order valence-corrected chi connectivity index (χ3v) is 2.88. The summed E-state index contributed by atoms with van der Waals surface area (Å²) in [4.78, 5) is 12.0. The van der Waals surface area contributed by atoms with Gasteiger partial charge in [-0.1, -0.05) is 19.1 Å². The maximum atomic E-state index is 12.0. The number of nitrogens with one attached hydrogen (secondary N) is 1. The SMILES string of the molecule is CC[C@H](Oc1cc(C)ccc1C)C(=O)NCCOC. The molecule has 0 fully saturated rings. The van der Waals surface area contributed by atoms with E-state index in [1.807, 2.05) is 39.0 Å². The Morgan fingerprint density at radius 1 is 1.37 bits per heavy atom. The number of amides is 1. The largest absolute Gasteiger partial charge is 0.480 e. The van der Waals surface area contributed by atoms with E-state index in [1.165, 1.54) is 0 Å². The lowest BCUT2D eigenvalue weighted by Gasteiger charge is -2.19. The zero-order valence-corrected chi connectivity index (χ0v) is 12.2. The Kier molecular flexibility index (Phi) is 6.36. The van der Waals surface area contributed by atoms with Crippen LogP contribution in [0, 0.1) is 13.8 Å². The van der Waals surface area contributed by atoms with Gasteiger partial charge in [0.25, 0.3) is 5.91 Å². The molecule has 0 unspecified atom stereocenters. The van der Waals surface area contributed by atoms with Crippen LogP contribution < -0.4 is 10.1 Å². The summed E-state index contributed by atoms with van der Waals surface area (Å²) in [5.74, 6) is 0.675. The molecule has 4 nitrogen and oxygen atoms in total. The van der Waals surface area contributed by atoms with Gasteiger partial charge in [0, 0.05) is 13.7 Å². The minimum Gasteiger partial charge on any atom is -0.480 e. The number of carbonyl (C=O) groups excluding carboxylic acids is 1.